The summed E-state index contributed by atoms with van der Waals surface area (Å²) < 4.78 is 0. The molecule has 0 aromatic heterocycles. The van der Waals surface area contributed by atoms with E-state index in [0.29, 0.717) is 10.8 Å². The SMILES string of the molecule is CC12CC3CC(C)(C1)CC(N)(C3)C2.OB(O)O. The van der Waals surface area contributed by atoms with Gasteiger partial charge in [-0.05, 0) is 55.3 Å². The predicted octanol–water partition coefficient (Wildman–Crippen LogP) is 0.642. The molecule has 4 bridgehead atoms. The van der Waals surface area contributed by atoms with E-state index < -0.39 is 7.32 Å². The van der Waals surface area contributed by atoms with Crippen molar-refractivity contribution in [3.8, 4) is 0 Å². The van der Waals surface area contributed by atoms with Gasteiger partial charge in [-0.1, -0.05) is 13.8 Å². The van der Waals surface area contributed by atoms with Gasteiger partial charge in [0.05, 0.1) is 0 Å². The van der Waals surface area contributed by atoms with Crippen LogP contribution in [0.25, 0.3) is 0 Å². The van der Waals surface area contributed by atoms with E-state index in [-0.39, 0.29) is 5.54 Å². The van der Waals surface area contributed by atoms with Gasteiger partial charge >= 0.3 is 7.32 Å². The highest BCUT2D eigenvalue weighted by molar-refractivity contribution is 6.30. The Labute approximate surface area is 103 Å². The van der Waals surface area contributed by atoms with Crippen molar-refractivity contribution in [1.29, 1.82) is 0 Å². The second-order valence-corrected chi connectivity index (χ2v) is 7.34. The van der Waals surface area contributed by atoms with Gasteiger partial charge in [0, 0.05) is 5.54 Å². The summed E-state index contributed by atoms with van der Waals surface area (Å²) in [5.41, 5.74) is 7.92. The summed E-state index contributed by atoms with van der Waals surface area (Å²) in [7, 11) is -2.17. The first-order valence-electron chi connectivity index (χ1n) is 6.47. The molecule has 4 saturated carbocycles. The van der Waals surface area contributed by atoms with E-state index in [1.807, 2.05) is 0 Å². The smallest absolute Gasteiger partial charge is 0.402 e. The van der Waals surface area contributed by atoms with Crippen LogP contribution in [0.2, 0.25) is 0 Å². The van der Waals surface area contributed by atoms with Crippen LogP contribution >= 0.6 is 0 Å². The Morgan fingerprint density at radius 2 is 1.35 bits per heavy atom. The highest BCUT2D eigenvalue weighted by Gasteiger charge is 2.58. The van der Waals surface area contributed by atoms with Crippen molar-refractivity contribution < 1.29 is 15.1 Å². The highest BCUT2D eigenvalue weighted by Crippen LogP contribution is 2.65. The van der Waals surface area contributed by atoms with Crippen LogP contribution < -0.4 is 5.73 Å². The van der Waals surface area contributed by atoms with Gasteiger partial charge in [-0.3, -0.25) is 0 Å². The molecular formula is C12H24BNO3. The van der Waals surface area contributed by atoms with Crippen LogP contribution in [0.5, 0.6) is 0 Å². The molecule has 2 unspecified atom stereocenters. The lowest BCUT2D eigenvalue weighted by Crippen LogP contribution is -2.62. The van der Waals surface area contributed by atoms with Crippen molar-refractivity contribution in [3.63, 3.8) is 0 Å². The van der Waals surface area contributed by atoms with Crippen molar-refractivity contribution in [2.24, 2.45) is 22.5 Å². The average Bonchev–Trinajstić information content (AvgIpc) is 1.90. The molecule has 17 heavy (non-hydrogen) atoms. The van der Waals surface area contributed by atoms with Gasteiger partial charge in [-0.2, -0.15) is 0 Å². The molecule has 98 valence electrons. The first kappa shape index (κ1) is 13.3. The molecule has 4 rings (SSSR count). The minimum absolute atomic E-state index is 0.225. The minimum atomic E-state index is -2.17. The summed E-state index contributed by atoms with van der Waals surface area (Å²) >= 11 is 0. The lowest BCUT2D eigenvalue weighted by Gasteiger charge is -2.64. The molecule has 2 atom stereocenters. The molecule has 5 heteroatoms. The van der Waals surface area contributed by atoms with Gasteiger partial charge in [0.1, 0.15) is 0 Å². The van der Waals surface area contributed by atoms with Gasteiger partial charge in [-0.25, -0.2) is 0 Å². The average molecular weight is 241 g/mol. The van der Waals surface area contributed by atoms with Gasteiger partial charge in [0.25, 0.3) is 0 Å². The zero-order chi connectivity index (χ0) is 12.9. The molecule has 5 N–H and O–H groups in total. The van der Waals surface area contributed by atoms with E-state index in [4.69, 9.17) is 20.8 Å². The fraction of sp³-hybridized carbons (Fsp3) is 1.00. The van der Waals surface area contributed by atoms with Crippen LogP contribution in [0, 0.1) is 16.7 Å². The molecule has 0 spiro atoms. The second kappa shape index (κ2) is 3.95. The fourth-order valence-electron chi connectivity index (χ4n) is 5.54. The van der Waals surface area contributed by atoms with Crippen LogP contribution in [0.1, 0.15) is 52.4 Å². The summed E-state index contributed by atoms with van der Waals surface area (Å²) in [6.07, 6.45) is 8.27. The topological polar surface area (TPSA) is 86.7 Å². The summed E-state index contributed by atoms with van der Waals surface area (Å²) in [4.78, 5) is 0. The Morgan fingerprint density at radius 1 is 0.941 bits per heavy atom. The quantitative estimate of drug-likeness (QED) is 0.469. The molecule has 4 nitrogen and oxygen atoms in total. The number of hydrogen-bond donors (Lipinski definition) is 4. The van der Waals surface area contributed by atoms with Crippen LogP contribution in [-0.4, -0.2) is 27.9 Å². The highest BCUT2D eigenvalue weighted by atomic mass is 16.5. The number of hydrogen-bond acceptors (Lipinski definition) is 4. The van der Waals surface area contributed by atoms with E-state index in [9.17, 15) is 0 Å². The standard InChI is InChI=1S/C12H21N.BH3O3/c1-10-3-9-4-11(2,6-10)8-12(13,5-9)7-10;2-1(3)4/h9H,3-8,13H2,1-2H3;2-4H. The summed E-state index contributed by atoms with van der Waals surface area (Å²) in [6.45, 7) is 4.94. The van der Waals surface area contributed by atoms with E-state index in [0.717, 1.165) is 5.92 Å². The molecule has 4 aliphatic rings. The third-order valence-electron chi connectivity index (χ3n) is 4.67. The van der Waals surface area contributed by atoms with E-state index in [2.05, 4.69) is 13.8 Å². The Morgan fingerprint density at radius 3 is 1.65 bits per heavy atom. The molecule has 0 radical (unpaired) electrons. The lowest BCUT2D eigenvalue weighted by molar-refractivity contribution is -0.104. The molecule has 4 fully saturated rings. The van der Waals surface area contributed by atoms with Gasteiger partial charge in [0.2, 0.25) is 0 Å². The van der Waals surface area contributed by atoms with Crippen LogP contribution in [0.15, 0.2) is 0 Å². The molecule has 0 saturated heterocycles. The van der Waals surface area contributed by atoms with Gasteiger partial charge < -0.3 is 20.8 Å². The third-order valence-corrected chi connectivity index (χ3v) is 4.67. The van der Waals surface area contributed by atoms with Gasteiger partial charge in [-0.15, -0.1) is 0 Å². The molecule has 0 aromatic rings. The Kier molecular flexibility index (Phi) is 3.10. The maximum atomic E-state index is 7.17. The van der Waals surface area contributed by atoms with Crippen molar-refractivity contribution in [3.05, 3.63) is 0 Å². The normalized spacial score (nSPS) is 50.8. The largest absolute Gasteiger partial charge is 0.631 e. The number of nitrogens with two attached hydrogens (primary N) is 1. The molecule has 0 heterocycles. The van der Waals surface area contributed by atoms with Crippen LogP contribution in [0.4, 0.5) is 0 Å². The zero-order valence-corrected chi connectivity index (χ0v) is 10.8. The lowest BCUT2D eigenvalue weighted by atomic mass is 9.43. The van der Waals surface area contributed by atoms with Crippen molar-refractivity contribution >= 4 is 7.32 Å². The molecule has 0 aromatic carbocycles. The fourth-order valence-corrected chi connectivity index (χ4v) is 5.54. The molecule has 0 amide bonds. The third kappa shape index (κ3) is 2.84. The Hall–Kier alpha value is -0.0951. The van der Waals surface area contributed by atoms with E-state index in [1.165, 1.54) is 38.5 Å². The Bertz CT molecular complexity index is 257. The first-order chi connectivity index (χ1) is 7.64. The van der Waals surface area contributed by atoms with E-state index in [1.54, 1.807) is 0 Å². The monoisotopic (exact) mass is 241 g/mol. The summed E-state index contributed by atoms with van der Waals surface area (Å²) in [5.74, 6) is 0.955. The zero-order valence-electron chi connectivity index (χ0n) is 10.8. The first-order valence-corrected chi connectivity index (χ1v) is 6.47. The minimum Gasteiger partial charge on any atom is -0.402 e. The molecule has 0 aliphatic heterocycles. The van der Waals surface area contributed by atoms with Gasteiger partial charge in [0.15, 0.2) is 0 Å². The predicted molar refractivity (Wildman–Crippen MR) is 66.7 cm³/mol. The summed E-state index contributed by atoms with van der Waals surface area (Å²) in [5, 5.41) is 21.5. The Balaban J connectivity index is 0.000000239. The summed E-state index contributed by atoms with van der Waals surface area (Å²) in [6, 6.07) is 0. The molecular weight excluding hydrogens is 217 g/mol. The molecule has 4 aliphatic carbocycles. The maximum Gasteiger partial charge on any atom is 0.631 e. The van der Waals surface area contributed by atoms with Crippen LogP contribution in [-0.2, 0) is 0 Å². The second-order valence-electron chi connectivity index (χ2n) is 7.34. The maximum absolute atomic E-state index is 7.17. The van der Waals surface area contributed by atoms with E-state index >= 15 is 0 Å². The van der Waals surface area contributed by atoms with Crippen molar-refractivity contribution in [1.82, 2.24) is 0 Å². The van der Waals surface area contributed by atoms with Crippen molar-refractivity contribution in [2.75, 3.05) is 0 Å². The number of rotatable bonds is 0. The van der Waals surface area contributed by atoms with Crippen molar-refractivity contribution in [2.45, 2.75) is 57.9 Å². The van der Waals surface area contributed by atoms with Crippen LogP contribution in [0.3, 0.4) is 0 Å².